The van der Waals surface area contributed by atoms with Gasteiger partial charge in [0, 0.05) is 12.2 Å². The van der Waals surface area contributed by atoms with Crippen molar-refractivity contribution in [1.29, 1.82) is 0 Å². The number of methoxy groups -OCH3 is 1. The molecule has 2 bridgehead atoms. The van der Waals surface area contributed by atoms with Crippen LogP contribution in [0.15, 0.2) is 41.3 Å². The molecule has 2 aliphatic rings. The number of carbonyl (C=O) groups is 1. The zero-order valence-electron chi connectivity index (χ0n) is 12.9. The maximum Gasteiger partial charge on any atom is 0.411 e. The number of hydrogen-bond acceptors (Lipinski definition) is 4. The maximum absolute atomic E-state index is 12.3. The van der Waals surface area contributed by atoms with Crippen LogP contribution in [0.25, 0.3) is 0 Å². The van der Waals surface area contributed by atoms with Gasteiger partial charge in [0.25, 0.3) is 0 Å². The van der Waals surface area contributed by atoms with E-state index in [9.17, 15) is 13.2 Å². The van der Waals surface area contributed by atoms with E-state index >= 15 is 0 Å². The quantitative estimate of drug-likeness (QED) is 0.809. The summed E-state index contributed by atoms with van der Waals surface area (Å²) in [4.78, 5) is 11.3. The molecule has 124 valence electrons. The average molecular weight is 336 g/mol. The highest BCUT2D eigenvalue weighted by molar-refractivity contribution is 7.89. The number of benzene rings is 1. The van der Waals surface area contributed by atoms with Crippen LogP contribution < -0.4 is 10.0 Å². The molecule has 2 N–H and O–H groups in total. The second-order valence-corrected chi connectivity index (χ2v) is 7.80. The monoisotopic (exact) mass is 336 g/mol. The van der Waals surface area contributed by atoms with Crippen molar-refractivity contribution in [2.24, 2.45) is 17.8 Å². The zero-order valence-corrected chi connectivity index (χ0v) is 13.7. The van der Waals surface area contributed by atoms with Crippen LogP contribution in [0.4, 0.5) is 10.5 Å². The number of rotatable bonds is 5. The van der Waals surface area contributed by atoms with Crippen molar-refractivity contribution in [2.75, 3.05) is 19.0 Å². The summed E-state index contributed by atoms with van der Waals surface area (Å²) >= 11 is 0. The van der Waals surface area contributed by atoms with Gasteiger partial charge in [-0.1, -0.05) is 12.2 Å². The molecule has 23 heavy (non-hydrogen) atoms. The fourth-order valence-electron chi connectivity index (χ4n) is 3.32. The first kappa shape index (κ1) is 16.0. The van der Waals surface area contributed by atoms with Gasteiger partial charge in [-0.15, -0.1) is 0 Å². The Hall–Kier alpha value is -1.86. The number of carbonyl (C=O) groups excluding carboxylic acids is 1. The molecule has 2 aliphatic carbocycles. The third kappa shape index (κ3) is 3.56. The molecule has 0 heterocycles. The Morgan fingerprint density at radius 2 is 1.96 bits per heavy atom. The molecule has 1 amide bonds. The molecule has 3 atom stereocenters. The highest BCUT2D eigenvalue weighted by Crippen LogP contribution is 2.43. The van der Waals surface area contributed by atoms with Crippen LogP contribution in [-0.4, -0.2) is 28.2 Å². The zero-order chi connectivity index (χ0) is 16.4. The van der Waals surface area contributed by atoms with E-state index in [-0.39, 0.29) is 4.90 Å². The number of anilines is 1. The Labute approximate surface area is 136 Å². The summed E-state index contributed by atoms with van der Waals surface area (Å²) in [6.45, 7) is 0.468. The molecule has 1 fully saturated rings. The van der Waals surface area contributed by atoms with Crippen LogP contribution in [-0.2, 0) is 14.8 Å². The normalized spacial score (nSPS) is 25.5. The van der Waals surface area contributed by atoms with Gasteiger partial charge in [0.05, 0.1) is 12.0 Å². The van der Waals surface area contributed by atoms with Gasteiger partial charge >= 0.3 is 6.09 Å². The molecule has 0 aromatic heterocycles. The Morgan fingerprint density at radius 1 is 1.22 bits per heavy atom. The van der Waals surface area contributed by atoms with Crippen molar-refractivity contribution >= 4 is 21.8 Å². The molecular weight excluding hydrogens is 316 g/mol. The van der Waals surface area contributed by atoms with E-state index in [1.165, 1.54) is 31.4 Å². The number of amides is 1. The lowest BCUT2D eigenvalue weighted by Crippen LogP contribution is -2.31. The van der Waals surface area contributed by atoms with Crippen molar-refractivity contribution in [3.63, 3.8) is 0 Å². The van der Waals surface area contributed by atoms with Gasteiger partial charge in [-0.25, -0.2) is 17.9 Å². The van der Waals surface area contributed by atoms with Gasteiger partial charge < -0.3 is 4.74 Å². The van der Waals surface area contributed by atoms with Crippen molar-refractivity contribution in [2.45, 2.75) is 17.7 Å². The van der Waals surface area contributed by atoms with Crippen molar-refractivity contribution in [3.8, 4) is 0 Å². The highest BCUT2D eigenvalue weighted by atomic mass is 32.2. The van der Waals surface area contributed by atoms with Crippen LogP contribution in [0.3, 0.4) is 0 Å². The summed E-state index contributed by atoms with van der Waals surface area (Å²) in [6, 6.07) is 6.00. The topological polar surface area (TPSA) is 84.5 Å². The number of sulfonamides is 1. The first-order valence-corrected chi connectivity index (χ1v) is 9.09. The van der Waals surface area contributed by atoms with Gasteiger partial charge in [-0.2, -0.15) is 0 Å². The second kappa shape index (κ2) is 6.33. The first-order valence-electron chi connectivity index (χ1n) is 7.61. The van der Waals surface area contributed by atoms with Crippen LogP contribution in [0, 0.1) is 17.8 Å². The highest BCUT2D eigenvalue weighted by Gasteiger charge is 2.35. The van der Waals surface area contributed by atoms with Gasteiger partial charge in [0.2, 0.25) is 10.0 Å². The van der Waals surface area contributed by atoms with Crippen molar-refractivity contribution < 1.29 is 17.9 Å². The molecular formula is C16H20N2O4S. The van der Waals surface area contributed by atoms with Crippen LogP contribution in [0.5, 0.6) is 0 Å². The minimum atomic E-state index is -3.53. The summed E-state index contributed by atoms with van der Waals surface area (Å²) in [5, 5.41) is 2.48. The Bertz CT molecular complexity index is 712. The molecule has 7 heteroatoms. The number of allylic oxidation sites excluding steroid dienone is 2. The summed E-state index contributed by atoms with van der Waals surface area (Å²) in [7, 11) is -2.27. The van der Waals surface area contributed by atoms with E-state index in [2.05, 4.69) is 26.9 Å². The molecule has 0 spiro atoms. The summed E-state index contributed by atoms with van der Waals surface area (Å²) < 4.78 is 31.9. The molecule has 1 saturated carbocycles. The van der Waals surface area contributed by atoms with E-state index < -0.39 is 16.1 Å². The molecule has 6 nitrogen and oxygen atoms in total. The molecule has 0 saturated heterocycles. The molecule has 0 radical (unpaired) electrons. The van der Waals surface area contributed by atoms with E-state index in [1.807, 2.05) is 0 Å². The molecule has 0 aliphatic heterocycles. The largest absolute Gasteiger partial charge is 0.453 e. The lowest BCUT2D eigenvalue weighted by atomic mass is 9.94. The fourth-order valence-corrected chi connectivity index (χ4v) is 4.41. The first-order chi connectivity index (χ1) is 11.0. The van der Waals surface area contributed by atoms with E-state index in [0.717, 1.165) is 12.8 Å². The van der Waals surface area contributed by atoms with E-state index in [1.54, 1.807) is 0 Å². The Balaban J connectivity index is 1.60. The minimum Gasteiger partial charge on any atom is -0.453 e. The molecule has 1 aromatic rings. The van der Waals surface area contributed by atoms with Crippen molar-refractivity contribution in [3.05, 3.63) is 36.4 Å². The second-order valence-electron chi connectivity index (χ2n) is 6.03. The van der Waals surface area contributed by atoms with Crippen LogP contribution in [0.2, 0.25) is 0 Å². The lowest BCUT2D eigenvalue weighted by Gasteiger charge is -2.18. The standard InChI is InChI=1S/C16H20N2O4S/c1-22-16(19)18-14-4-6-15(7-5-14)23(20,21)17-10-13-9-11-2-3-12(13)8-11/h2-7,11-13,17H,8-10H2,1H3,(H,18,19). The van der Waals surface area contributed by atoms with E-state index in [4.69, 9.17) is 0 Å². The SMILES string of the molecule is COC(=O)Nc1ccc(S(=O)(=O)NCC2CC3C=CC2C3)cc1. The smallest absolute Gasteiger partial charge is 0.411 e. The average Bonchev–Trinajstić information content (AvgIpc) is 3.16. The third-order valence-electron chi connectivity index (χ3n) is 4.55. The summed E-state index contributed by atoms with van der Waals surface area (Å²) in [5.41, 5.74) is 0.481. The Morgan fingerprint density at radius 3 is 2.52 bits per heavy atom. The van der Waals surface area contributed by atoms with Crippen molar-refractivity contribution in [1.82, 2.24) is 4.72 Å². The number of fused-ring (bicyclic) bond motifs is 2. The molecule has 3 unspecified atom stereocenters. The van der Waals surface area contributed by atoms with Crippen LogP contribution >= 0.6 is 0 Å². The minimum absolute atomic E-state index is 0.187. The lowest BCUT2D eigenvalue weighted by molar-refractivity contribution is 0.187. The predicted octanol–water partition coefficient (Wildman–Crippen LogP) is 2.36. The summed E-state index contributed by atoms with van der Waals surface area (Å²) in [5.74, 6) is 1.52. The number of nitrogens with one attached hydrogen (secondary N) is 2. The fraction of sp³-hybridized carbons (Fsp3) is 0.438. The number of hydrogen-bond donors (Lipinski definition) is 2. The van der Waals surface area contributed by atoms with E-state index in [0.29, 0.717) is 30.0 Å². The predicted molar refractivity (Wildman–Crippen MR) is 86.5 cm³/mol. The molecule has 1 aromatic carbocycles. The van der Waals surface area contributed by atoms with Gasteiger partial charge in [-0.05, 0) is 54.9 Å². The van der Waals surface area contributed by atoms with Gasteiger partial charge in [-0.3, -0.25) is 5.32 Å². The summed E-state index contributed by atoms with van der Waals surface area (Å²) in [6.07, 6.45) is 6.07. The Kier molecular flexibility index (Phi) is 4.41. The van der Waals surface area contributed by atoms with Gasteiger partial charge in [0.15, 0.2) is 0 Å². The number of ether oxygens (including phenoxy) is 1. The van der Waals surface area contributed by atoms with Gasteiger partial charge in [0.1, 0.15) is 0 Å². The molecule has 3 rings (SSSR count). The third-order valence-corrected chi connectivity index (χ3v) is 5.99. The van der Waals surface area contributed by atoms with Crippen LogP contribution in [0.1, 0.15) is 12.8 Å². The maximum atomic E-state index is 12.3.